The van der Waals surface area contributed by atoms with Crippen molar-refractivity contribution in [3.63, 3.8) is 0 Å². The normalized spacial score (nSPS) is 10.2. The van der Waals surface area contributed by atoms with Crippen molar-refractivity contribution in [1.29, 1.82) is 0 Å². The average molecular weight is 212 g/mol. The third kappa shape index (κ3) is 1.79. The van der Waals surface area contributed by atoms with Crippen molar-refractivity contribution < 1.29 is 0 Å². The van der Waals surface area contributed by atoms with E-state index in [1.807, 2.05) is 12.1 Å². The SMILES string of the molecule is Nc1cnc(-c2ccc(Cl)s2)nc1. The van der Waals surface area contributed by atoms with E-state index in [1.165, 1.54) is 11.3 Å². The molecular formula is C8H6ClN3S. The largest absolute Gasteiger partial charge is 0.396 e. The van der Waals surface area contributed by atoms with Gasteiger partial charge >= 0.3 is 0 Å². The fraction of sp³-hybridized carbons (Fsp3) is 0. The van der Waals surface area contributed by atoms with Crippen LogP contribution in [0, 0.1) is 0 Å². The first-order valence-electron chi connectivity index (χ1n) is 3.59. The molecule has 0 saturated carbocycles. The van der Waals surface area contributed by atoms with Crippen molar-refractivity contribution in [1.82, 2.24) is 9.97 Å². The zero-order valence-corrected chi connectivity index (χ0v) is 8.14. The second-order valence-corrected chi connectivity index (χ2v) is 4.16. The van der Waals surface area contributed by atoms with Gasteiger partial charge in [-0.3, -0.25) is 0 Å². The average Bonchev–Trinajstić information content (AvgIpc) is 2.53. The van der Waals surface area contributed by atoms with Gasteiger partial charge in [-0.2, -0.15) is 0 Å². The van der Waals surface area contributed by atoms with Gasteiger partial charge < -0.3 is 5.73 Å². The highest BCUT2D eigenvalue weighted by molar-refractivity contribution is 7.19. The van der Waals surface area contributed by atoms with Crippen LogP contribution in [-0.4, -0.2) is 9.97 Å². The molecule has 2 N–H and O–H groups in total. The molecule has 0 radical (unpaired) electrons. The third-order valence-electron chi connectivity index (χ3n) is 1.47. The number of rotatable bonds is 1. The smallest absolute Gasteiger partial charge is 0.169 e. The van der Waals surface area contributed by atoms with E-state index in [2.05, 4.69) is 9.97 Å². The minimum absolute atomic E-state index is 0.561. The van der Waals surface area contributed by atoms with Crippen molar-refractivity contribution in [2.75, 3.05) is 5.73 Å². The van der Waals surface area contributed by atoms with Crippen LogP contribution in [0.4, 0.5) is 5.69 Å². The molecule has 0 unspecified atom stereocenters. The summed E-state index contributed by atoms with van der Waals surface area (Å²) in [5, 5.41) is 0. The molecule has 3 nitrogen and oxygen atoms in total. The van der Waals surface area contributed by atoms with Crippen LogP contribution in [0.25, 0.3) is 10.7 Å². The van der Waals surface area contributed by atoms with Gasteiger partial charge in [-0.15, -0.1) is 11.3 Å². The molecule has 0 saturated heterocycles. The summed E-state index contributed by atoms with van der Waals surface area (Å²) in [6.07, 6.45) is 3.16. The zero-order valence-electron chi connectivity index (χ0n) is 6.57. The molecule has 0 bridgehead atoms. The van der Waals surface area contributed by atoms with Gasteiger partial charge in [0.1, 0.15) is 0 Å². The summed E-state index contributed by atoms with van der Waals surface area (Å²) in [6.45, 7) is 0. The quantitative estimate of drug-likeness (QED) is 0.788. The Morgan fingerprint density at radius 1 is 1.23 bits per heavy atom. The number of hydrogen-bond donors (Lipinski definition) is 1. The Morgan fingerprint density at radius 2 is 1.92 bits per heavy atom. The molecule has 2 heterocycles. The summed E-state index contributed by atoms with van der Waals surface area (Å²) in [5.74, 6) is 0.658. The van der Waals surface area contributed by atoms with Crippen LogP contribution >= 0.6 is 22.9 Å². The maximum Gasteiger partial charge on any atom is 0.169 e. The fourth-order valence-electron chi connectivity index (χ4n) is 0.900. The van der Waals surface area contributed by atoms with Gasteiger partial charge in [0.15, 0.2) is 5.82 Å². The minimum atomic E-state index is 0.561. The Kier molecular flexibility index (Phi) is 2.16. The number of anilines is 1. The lowest BCUT2D eigenvalue weighted by atomic mass is 10.4. The van der Waals surface area contributed by atoms with Crippen LogP contribution in [0.3, 0.4) is 0 Å². The number of halogens is 1. The fourth-order valence-corrected chi connectivity index (χ4v) is 1.89. The van der Waals surface area contributed by atoms with Crippen LogP contribution < -0.4 is 5.73 Å². The second kappa shape index (κ2) is 3.32. The lowest BCUT2D eigenvalue weighted by Crippen LogP contribution is -1.90. The summed E-state index contributed by atoms with van der Waals surface area (Å²) in [4.78, 5) is 9.10. The maximum absolute atomic E-state index is 5.78. The first kappa shape index (κ1) is 8.47. The highest BCUT2D eigenvalue weighted by Gasteiger charge is 2.03. The molecular weight excluding hydrogens is 206 g/mol. The van der Waals surface area contributed by atoms with Gasteiger partial charge in [0, 0.05) is 0 Å². The Balaban J connectivity index is 2.41. The summed E-state index contributed by atoms with van der Waals surface area (Å²) in [6, 6.07) is 3.71. The Labute approximate surface area is 84.2 Å². The Hall–Kier alpha value is -1.13. The standard InChI is InChI=1S/C8H6ClN3S/c9-7-2-1-6(13-7)8-11-3-5(10)4-12-8/h1-4H,10H2. The van der Waals surface area contributed by atoms with Gasteiger partial charge in [-0.1, -0.05) is 11.6 Å². The van der Waals surface area contributed by atoms with E-state index in [1.54, 1.807) is 12.4 Å². The molecule has 0 aromatic carbocycles. The molecule has 0 aliphatic heterocycles. The molecule has 0 atom stereocenters. The van der Waals surface area contributed by atoms with Gasteiger partial charge in [0.25, 0.3) is 0 Å². The highest BCUT2D eigenvalue weighted by atomic mass is 35.5. The van der Waals surface area contributed by atoms with E-state index < -0.39 is 0 Å². The number of nitrogens with zero attached hydrogens (tertiary/aromatic N) is 2. The van der Waals surface area contributed by atoms with Gasteiger partial charge in [-0.05, 0) is 12.1 Å². The lowest BCUT2D eigenvalue weighted by Gasteiger charge is -1.94. The van der Waals surface area contributed by atoms with Crippen LogP contribution in [0.2, 0.25) is 4.34 Å². The molecule has 0 amide bonds. The predicted molar refractivity (Wildman–Crippen MR) is 54.8 cm³/mol. The van der Waals surface area contributed by atoms with Crippen molar-refractivity contribution in [2.24, 2.45) is 0 Å². The summed E-state index contributed by atoms with van der Waals surface area (Å²) in [5.41, 5.74) is 6.02. The van der Waals surface area contributed by atoms with Crippen molar-refractivity contribution in [2.45, 2.75) is 0 Å². The first-order chi connectivity index (χ1) is 6.25. The molecule has 5 heteroatoms. The molecule has 66 valence electrons. The summed E-state index contributed by atoms with van der Waals surface area (Å²) < 4.78 is 0.732. The van der Waals surface area contributed by atoms with Crippen molar-refractivity contribution in [3.05, 3.63) is 28.9 Å². The Morgan fingerprint density at radius 3 is 2.46 bits per heavy atom. The van der Waals surface area contributed by atoms with E-state index in [4.69, 9.17) is 17.3 Å². The van der Waals surface area contributed by atoms with Crippen LogP contribution in [-0.2, 0) is 0 Å². The van der Waals surface area contributed by atoms with Crippen LogP contribution in [0.15, 0.2) is 24.5 Å². The highest BCUT2D eigenvalue weighted by Crippen LogP contribution is 2.28. The van der Waals surface area contributed by atoms with Crippen LogP contribution in [0.5, 0.6) is 0 Å². The molecule has 2 aromatic heterocycles. The summed E-state index contributed by atoms with van der Waals surface area (Å²) in [7, 11) is 0. The van der Waals surface area contributed by atoms with Crippen molar-refractivity contribution >= 4 is 28.6 Å². The van der Waals surface area contributed by atoms with E-state index in [-0.39, 0.29) is 0 Å². The Bertz CT molecular complexity index is 410. The predicted octanol–water partition coefficient (Wildman–Crippen LogP) is 2.44. The molecule has 0 aliphatic rings. The monoisotopic (exact) mass is 211 g/mol. The number of nitrogen functional groups attached to an aromatic ring is 1. The van der Waals surface area contributed by atoms with Gasteiger partial charge in [0.2, 0.25) is 0 Å². The lowest BCUT2D eigenvalue weighted by molar-refractivity contribution is 1.19. The van der Waals surface area contributed by atoms with E-state index in [9.17, 15) is 0 Å². The van der Waals surface area contributed by atoms with Crippen LogP contribution in [0.1, 0.15) is 0 Å². The number of thiophene rings is 1. The van der Waals surface area contributed by atoms with E-state index in [0.29, 0.717) is 11.5 Å². The van der Waals surface area contributed by atoms with E-state index in [0.717, 1.165) is 9.21 Å². The third-order valence-corrected chi connectivity index (χ3v) is 2.69. The molecule has 0 fully saturated rings. The van der Waals surface area contributed by atoms with E-state index >= 15 is 0 Å². The topological polar surface area (TPSA) is 51.8 Å². The number of nitrogens with two attached hydrogens (primary N) is 1. The molecule has 2 aromatic rings. The maximum atomic E-state index is 5.78. The molecule has 13 heavy (non-hydrogen) atoms. The van der Waals surface area contributed by atoms with Crippen molar-refractivity contribution in [3.8, 4) is 10.7 Å². The molecule has 2 rings (SSSR count). The molecule has 0 spiro atoms. The summed E-state index contributed by atoms with van der Waals surface area (Å²) >= 11 is 7.23. The minimum Gasteiger partial charge on any atom is -0.396 e. The number of aromatic nitrogens is 2. The number of hydrogen-bond acceptors (Lipinski definition) is 4. The molecule has 0 aliphatic carbocycles. The second-order valence-electron chi connectivity index (χ2n) is 2.44. The van der Waals surface area contributed by atoms with Gasteiger partial charge in [0.05, 0.1) is 27.3 Å². The van der Waals surface area contributed by atoms with Gasteiger partial charge in [-0.25, -0.2) is 9.97 Å². The first-order valence-corrected chi connectivity index (χ1v) is 4.78. The zero-order chi connectivity index (χ0) is 9.26.